The Hall–Kier alpha value is -1.46. The van der Waals surface area contributed by atoms with E-state index in [0.717, 1.165) is 25.9 Å². The molecular formula is C28H53NO13. The second-order valence-electron chi connectivity index (χ2n) is 9.16. The fourth-order valence-electron chi connectivity index (χ4n) is 3.43. The van der Waals surface area contributed by atoms with Gasteiger partial charge >= 0.3 is 5.97 Å². The molecule has 0 radical (unpaired) electrons. The van der Waals surface area contributed by atoms with Gasteiger partial charge in [-0.15, -0.1) is 0 Å². The van der Waals surface area contributed by atoms with Gasteiger partial charge in [-0.1, -0.05) is 0 Å². The van der Waals surface area contributed by atoms with Crippen LogP contribution in [0.4, 0.5) is 0 Å². The molecule has 1 aliphatic heterocycles. The Morgan fingerprint density at radius 3 is 1.43 bits per heavy atom. The molecule has 1 atom stereocenters. The first-order chi connectivity index (χ1) is 20.7. The number of aliphatic carboxylic acids is 1. The molecule has 0 spiro atoms. The maximum atomic E-state index is 11.3. The molecule has 1 unspecified atom stereocenters. The van der Waals surface area contributed by atoms with Crippen molar-refractivity contribution >= 4 is 11.9 Å². The van der Waals surface area contributed by atoms with Gasteiger partial charge in [-0.25, -0.2) is 0 Å². The third-order valence-electron chi connectivity index (χ3n) is 5.63. The standard InChI is InChI=1S/C28H53NO13/c30-26(5-6-27(31)32)29-7-3-8-33-10-11-34-12-13-35-14-15-36-16-17-37-18-19-38-20-21-39-22-23-40-24-25-42-28-4-1-2-9-41-28/h28H,1-25H2,(H,29,30)(H,31,32). The average molecular weight is 612 g/mol. The highest BCUT2D eigenvalue weighted by Crippen LogP contribution is 2.13. The van der Waals surface area contributed by atoms with Crippen molar-refractivity contribution in [3.8, 4) is 0 Å². The predicted molar refractivity (Wildman–Crippen MR) is 151 cm³/mol. The third-order valence-corrected chi connectivity index (χ3v) is 5.63. The minimum atomic E-state index is -0.980. The Labute approximate surface area is 249 Å². The molecule has 0 aliphatic carbocycles. The largest absolute Gasteiger partial charge is 0.481 e. The monoisotopic (exact) mass is 611 g/mol. The Kier molecular flexibility index (Phi) is 28.4. The molecule has 248 valence electrons. The SMILES string of the molecule is O=C(O)CCC(=O)NCCCOCCOCCOCCOCCOCCOCCOCCOCCOC1CCCCO1. The van der Waals surface area contributed by atoms with Crippen molar-refractivity contribution in [2.45, 2.75) is 44.8 Å². The zero-order chi connectivity index (χ0) is 30.2. The molecule has 2 N–H and O–H groups in total. The van der Waals surface area contributed by atoms with Crippen LogP contribution in [0.3, 0.4) is 0 Å². The van der Waals surface area contributed by atoms with Crippen molar-refractivity contribution in [1.82, 2.24) is 5.32 Å². The van der Waals surface area contributed by atoms with Gasteiger partial charge in [0, 0.05) is 26.2 Å². The zero-order valence-corrected chi connectivity index (χ0v) is 25.1. The van der Waals surface area contributed by atoms with Gasteiger partial charge in [0.1, 0.15) is 0 Å². The Balaban J connectivity index is 1.63. The van der Waals surface area contributed by atoms with E-state index < -0.39 is 5.97 Å². The summed E-state index contributed by atoms with van der Waals surface area (Å²) in [5, 5.41) is 11.2. The Bertz CT molecular complexity index is 608. The van der Waals surface area contributed by atoms with Crippen LogP contribution in [0.25, 0.3) is 0 Å². The Morgan fingerprint density at radius 1 is 0.595 bits per heavy atom. The van der Waals surface area contributed by atoms with Gasteiger partial charge in [0.05, 0.1) is 112 Å². The molecule has 1 aliphatic rings. The summed E-state index contributed by atoms with van der Waals surface area (Å²) >= 11 is 0. The molecule has 0 aromatic heterocycles. The van der Waals surface area contributed by atoms with E-state index in [9.17, 15) is 9.59 Å². The number of carboxylic acid groups (broad SMARTS) is 1. The van der Waals surface area contributed by atoms with E-state index in [1.807, 2.05) is 0 Å². The normalized spacial score (nSPS) is 15.2. The van der Waals surface area contributed by atoms with E-state index in [4.69, 9.17) is 52.5 Å². The van der Waals surface area contributed by atoms with Crippen LogP contribution in [0.5, 0.6) is 0 Å². The average Bonchev–Trinajstić information content (AvgIpc) is 2.99. The van der Waals surface area contributed by atoms with Gasteiger partial charge in [-0.2, -0.15) is 0 Å². The summed E-state index contributed by atoms with van der Waals surface area (Å²) in [5.74, 6) is -1.24. The molecule has 1 amide bonds. The molecule has 14 nitrogen and oxygen atoms in total. The zero-order valence-electron chi connectivity index (χ0n) is 25.1. The second-order valence-corrected chi connectivity index (χ2v) is 9.16. The van der Waals surface area contributed by atoms with Crippen LogP contribution in [-0.2, 0) is 57.0 Å². The van der Waals surface area contributed by atoms with Crippen molar-refractivity contribution in [3.63, 3.8) is 0 Å². The number of carboxylic acids is 1. The van der Waals surface area contributed by atoms with Crippen LogP contribution in [-0.4, -0.2) is 149 Å². The van der Waals surface area contributed by atoms with E-state index in [2.05, 4.69) is 5.32 Å². The number of carbonyl (C=O) groups is 2. The van der Waals surface area contributed by atoms with Crippen LogP contribution in [0.1, 0.15) is 38.5 Å². The molecule has 0 saturated carbocycles. The third kappa shape index (κ3) is 28.6. The van der Waals surface area contributed by atoms with Crippen molar-refractivity contribution in [2.24, 2.45) is 0 Å². The van der Waals surface area contributed by atoms with E-state index >= 15 is 0 Å². The number of hydrogen-bond acceptors (Lipinski definition) is 12. The number of rotatable bonds is 32. The lowest BCUT2D eigenvalue weighted by Gasteiger charge is -2.22. The molecule has 1 rings (SSSR count). The van der Waals surface area contributed by atoms with E-state index in [1.165, 1.54) is 0 Å². The number of nitrogens with one attached hydrogen (secondary N) is 1. The summed E-state index contributed by atoms with van der Waals surface area (Å²) in [4.78, 5) is 21.7. The van der Waals surface area contributed by atoms with Crippen LogP contribution in [0.2, 0.25) is 0 Å². The van der Waals surface area contributed by atoms with Crippen LogP contribution in [0.15, 0.2) is 0 Å². The highest BCUT2D eigenvalue weighted by molar-refractivity contribution is 5.80. The number of hydrogen-bond donors (Lipinski definition) is 2. The fourth-order valence-corrected chi connectivity index (χ4v) is 3.43. The van der Waals surface area contributed by atoms with E-state index in [0.29, 0.717) is 125 Å². The van der Waals surface area contributed by atoms with Gasteiger partial charge in [0.15, 0.2) is 6.29 Å². The highest BCUT2D eigenvalue weighted by Gasteiger charge is 2.13. The second kappa shape index (κ2) is 31.0. The van der Waals surface area contributed by atoms with Crippen molar-refractivity contribution in [3.05, 3.63) is 0 Å². The summed E-state index contributed by atoms with van der Waals surface area (Å²) in [6.45, 7) is 9.69. The van der Waals surface area contributed by atoms with Crippen LogP contribution in [0, 0.1) is 0 Å². The minimum Gasteiger partial charge on any atom is -0.481 e. The molecule has 0 aromatic rings. The lowest BCUT2D eigenvalue weighted by atomic mass is 10.2. The first-order valence-corrected chi connectivity index (χ1v) is 15.0. The lowest BCUT2D eigenvalue weighted by Crippen LogP contribution is -2.25. The molecule has 0 bridgehead atoms. The summed E-state index contributed by atoms with van der Waals surface area (Å²) in [5.41, 5.74) is 0. The van der Waals surface area contributed by atoms with Crippen LogP contribution >= 0.6 is 0 Å². The predicted octanol–water partition coefficient (Wildman–Crippen LogP) is 1.03. The van der Waals surface area contributed by atoms with Crippen molar-refractivity contribution in [2.75, 3.05) is 125 Å². The van der Waals surface area contributed by atoms with Crippen molar-refractivity contribution < 1.29 is 62.1 Å². The number of ether oxygens (including phenoxy) is 10. The van der Waals surface area contributed by atoms with Gasteiger partial charge < -0.3 is 57.8 Å². The molecule has 1 saturated heterocycles. The maximum Gasteiger partial charge on any atom is 0.303 e. The lowest BCUT2D eigenvalue weighted by molar-refractivity contribution is -0.169. The minimum absolute atomic E-state index is 0.00705. The summed E-state index contributed by atoms with van der Waals surface area (Å²) in [6, 6.07) is 0. The Morgan fingerprint density at radius 2 is 1.02 bits per heavy atom. The first kappa shape index (κ1) is 38.6. The summed E-state index contributed by atoms with van der Waals surface area (Å²) in [6.07, 6.45) is 3.65. The number of carbonyl (C=O) groups excluding carboxylic acids is 1. The number of amides is 1. The topological polar surface area (TPSA) is 159 Å². The molecule has 1 fully saturated rings. The summed E-state index contributed by atoms with van der Waals surface area (Å²) in [7, 11) is 0. The maximum absolute atomic E-state index is 11.3. The van der Waals surface area contributed by atoms with Gasteiger partial charge in [-0.05, 0) is 25.7 Å². The van der Waals surface area contributed by atoms with Gasteiger partial charge in [0.25, 0.3) is 0 Å². The smallest absolute Gasteiger partial charge is 0.303 e. The quantitative estimate of drug-likeness (QED) is 0.104. The summed E-state index contributed by atoms with van der Waals surface area (Å²) < 4.78 is 54.7. The van der Waals surface area contributed by atoms with E-state index in [-0.39, 0.29) is 25.0 Å². The van der Waals surface area contributed by atoms with Crippen molar-refractivity contribution in [1.29, 1.82) is 0 Å². The van der Waals surface area contributed by atoms with Gasteiger partial charge in [0.2, 0.25) is 5.91 Å². The molecule has 14 heteroatoms. The first-order valence-electron chi connectivity index (χ1n) is 15.0. The van der Waals surface area contributed by atoms with E-state index in [1.54, 1.807) is 0 Å². The highest BCUT2D eigenvalue weighted by atomic mass is 16.7. The fraction of sp³-hybridized carbons (Fsp3) is 0.929. The molecular weight excluding hydrogens is 558 g/mol. The molecule has 42 heavy (non-hydrogen) atoms. The molecule has 1 heterocycles. The molecule has 0 aromatic carbocycles. The van der Waals surface area contributed by atoms with Crippen LogP contribution < -0.4 is 5.32 Å². The van der Waals surface area contributed by atoms with Gasteiger partial charge in [-0.3, -0.25) is 9.59 Å².